The van der Waals surface area contributed by atoms with Crippen molar-refractivity contribution in [2.45, 2.75) is 6.92 Å². The Morgan fingerprint density at radius 1 is 1.29 bits per heavy atom. The molecular weight excluding hydrogens is 242 g/mol. The lowest BCUT2D eigenvalue weighted by Crippen LogP contribution is -2.05. The predicted octanol–water partition coefficient (Wildman–Crippen LogP) is 2.80. The summed E-state index contributed by atoms with van der Waals surface area (Å²) in [6.45, 7) is 1.17. The van der Waals surface area contributed by atoms with Crippen LogP contribution in [-0.4, -0.2) is 15.9 Å². The van der Waals surface area contributed by atoms with Gasteiger partial charge in [0, 0.05) is 5.39 Å². The third-order valence-corrected chi connectivity index (χ3v) is 2.42. The maximum atomic E-state index is 13.5. The zero-order valence-electron chi connectivity index (χ0n) is 8.39. The van der Waals surface area contributed by atoms with E-state index in [4.69, 9.17) is 5.11 Å². The SMILES string of the molecule is Cc1cc2c(F)c(F)n(F)c2c(C(=O)O)c1F. The van der Waals surface area contributed by atoms with E-state index >= 15 is 0 Å². The number of carbonyl (C=O) groups is 1. The van der Waals surface area contributed by atoms with Crippen molar-refractivity contribution in [3.8, 4) is 0 Å². The van der Waals surface area contributed by atoms with E-state index in [-0.39, 0.29) is 5.56 Å². The van der Waals surface area contributed by atoms with Gasteiger partial charge in [-0.25, -0.2) is 13.6 Å². The molecule has 3 nitrogen and oxygen atoms in total. The monoisotopic (exact) mass is 247 g/mol. The summed E-state index contributed by atoms with van der Waals surface area (Å²) in [5.41, 5.74) is -2.26. The van der Waals surface area contributed by atoms with Crippen LogP contribution in [0.5, 0.6) is 0 Å². The van der Waals surface area contributed by atoms with Gasteiger partial charge in [0.25, 0.3) is 5.95 Å². The second-order valence-electron chi connectivity index (χ2n) is 3.47. The molecule has 2 aromatic rings. The summed E-state index contributed by atoms with van der Waals surface area (Å²) in [4.78, 5) is 9.99. The van der Waals surface area contributed by atoms with Crippen LogP contribution in [0.4, 0.5) is 17.7 Å². The maximum Gasteiger partial charge on any atom is 0.340 e. The van der Waals surface area contributed by atoms with Crippen molar-refractivity contribution >= 4 is 16.9 Å². The lowest BCUT2D eigenvalue weighted by Gasteiger charge is -2.03. The molecule has 17 heavy (non-hydrogen) atoms. The first-order chi connectivity index (χ1) is 7.86. The van der Waals surface area contributed by atoms with Crippen LogP contribution in [0.25, 0.3) is 10.9 Å². The second kappa shape index (κ2) is 3.47. The van der Waals surface area contributed by atoms with Crippen LogP contribution in [0.15, 0.2) is 6.07 Å². The van der Waals surface area contributed by atoms with Gasteiger partial charge in [-0.2, -0.15) is 4.39 Å². The van der Waals surface area contributed by atoms with E-state index in [0.29, 0.717) is 0 Å². The maximum absolute atomic E-state index is 13.5. The average Bonchev–Trinajstić information content (AvgIpc) is 2.46. The molecule has 0 bridgehead atoms. The fraction of sp³-hybridized carbons (Fsp3) is 0.100. The lowest BCUT2D eigenvalue weighted by atomic mass is 10.1. The van der Waals surface area contributed by atoms with E-state index in [0.717, 1.165) is 6.07 Å². The topological polar surface area (TPSA) is 42.2 Å². The molecule has 1 heterocycles. The van der Waals surface area contributed by atoms with Gasteiger partial charge in [0.15, 0.2) is 5.82 Å². The number of benzene rings is 1. The third-order valence-electron chi connectivity index (χ3n) is 2.42. The van der Waals surface area contributed by atoms with Crippen molar-refractivity contribution < 1.29 is 27.6 Å². The Bertz CT molecular complexity index is 648. The van der Waals surface area contributed by atoms with E-state index in [1.807, 2.05) is 0 Å². The lowest BCUT2D eigenvalue weighted by molar-refractivity contribution is 0.0692. The zero-order chi connectivity index (χ0) is 12.9. The average molecular weight is 247 g/mol. The third kappa shape index (κ3) is 1.38. The number of aromatic nitrogens is 1. The summed E-state index contributed by atoms with van der Waals surface area (Å²) in [5, 5.41) is 8.14. The van der Waals surface area contributed by atoms with Gasteiger partial charge in [0.2, 0.25) is 0 Å². The molecule has 0 saturated heterocycles. The number of fused-ring (bicyclic) bond motifs is 1. The van der Waals surface area contributed by atoms with Crippen LogP contribution in [0, 0.1) is 24.5 Å². The van der Waals surface area contributed by atoms with Gasteiger partial charge in [0.1, 0.15) is 16.9 Å². The fourth-order valence-electron chi connectivity index (χ4n) is 1.65. The molecule has 0 radical (unpaired) electrons. The molecule has 0 saturated carbocycles. The van der Waals surface area contributed by atoms with Gasteiger partial charge in [0.05, 0.1) is 0 Å². The summed E-state index contributed by atoms with van der Waals surface area (Å²) >= 11 is 0. The molecule has 0 atom stereocenters. The number of aryl methyl sites for hydroxylation is 1. The van der Waals surface area contributed by atoms with Gasteiger partial charge in [-0.3, -0.25) is 0 Å². The number of hydrogen-bond donors (Lipinski definition) is 1. The molecule has 0 amide bonds. The minimum Gasteiger partial charge on any atom is -0.478 e. The second-order valence-corrected chi connectivity index (χ2v) is 3.47. The molecule has 7 heteroatoms. The predicted molar refractivity (Wildman–Crippen MR) is 50.0 cm³/mol. The van der Waals surface area contributed by atoms with Gasteiger partial charge in [-0.05, 0) is 18.6 Å². The number of rotatable bonds is 1. The van der Waals surface area contributed by atoms with Crippen molar-refractivity contribution in [3.63, 3.8) is 0 Å². The molecule has 2 rings (SSSR count). The van der Waals surface area contributed by atoms with Crippen molar-refractivity contribution in [3.05, 3.63) is 34.8 Å². The Morgan fingerprint density at radius 2 is 1.88 bits per heavy atom. The Labute approximate surface area is 91.8 Å². The molecule has 0 spiro atoms. The molecule has 0 aliphatic rings. The highest BCUT2D eigenvalue weighted by Gasteiger charge is 2.27. The first-order valence-corrected chi connectivity index (χ1v) is 4.44. The van der Waals surface area contributed by atoms with E-state index in [1.165, 1.54) is 6.92 Å². The van der Waals surface area contributed by atoms with Gasteiger partial charge in [-0.15, -0.1) is 4.79 Å². The van der Waals surface area contributed by atoms with Gasteiger partial charge >= 0.3 is 5.97 Å². The van der Waals surface area contributed by atoms with Gasteiger partial charge in [-0.1, -0.05) is 4.48 Å². The van der Waals surface area contributed by atoms with Crippen LogP contribution in [-0.2, 0) is 0 Å². The van der Waals surface area contributed by atoms with E-state index < -0.39 is 44.8 Å². The molecule has 90 valence electrons. The summed E-state index contributed by atoms with van der Waals surface area (Å²) in [6, 6.07) is 0.853. The normalized spacial score (nSPS) is 11.1. The zero-order valence-corrected chi connectivity index (χ0v) is 8.39. The molecule has 1 aromatic carbocycles. The molecular formula is C10H5F4NO2. The molecule has 0 unspecified atom stereocenters. The van der Waals surface area contributed by atoms with Crippen molar-refractivity contribution in [1.82, 2.24) is 4.79 Å². The molecule has 1 N–H and O–H groups in total. The molecule has 0 aliphatic carbocycles. The highest BCUT2D eigenvalue weighted by Crippen LogP contribution is 2.30. The number of carboxylic acids is 1. The van der Waals surface area contributed by atoms with Gasteiger partial charge < -0.3 is 5.11 Å². The number of hydrogen-bond acceptors (Lipinski definition) is 1. The minimum atomic E-state index is -1.88. The first kappa shape index (κ1) is 11.4. The summed E-state index contributed by atoms with van der Waals surface area (Å²) in [5.74, 6) is -6.45. The molecule has 0 fully saturated rings. The van der Waals surface area contributed by atoms with Crippen LogP contribution >= 0.6 is 0 Å². The van der Waals surface area contributed by atoms with Crippen LogP contribution < -0.4 is 0 Å². The fourth-order valence-corrected chi connectivity index (χ4v) is 1.65. The number of aromatic carboxylic acids is 1. The Kier molecular flexibility index (Phi) is 2.34. The summed E-state index contributed by atoms with van der Waals surface area (Å²) in [7, 11) is 0. The molecule has 0 aliphatic heterocycles. The Balaban J connectivity index is 3.09. The Hall–Kier alpha value is -2.05. The quantitative estimate of drug-likeness (QED) is 0.787. The smallest absolute Gasteiger partial charge is 0.340 e. The van der Waals surface area contributed by atoms with Crippen LogP contribution in [0.2, 0.25) is 0 Å². The van der Waals surface area contributed by atoms with Crippen LogP contribution in [0.1, 0.15) is 15.9 Å². The number of carboxylic acid groups (broad SMARTS) is 1. The number of halogens is 4. The minimum absolute atomic E-state index is 0.209. The van der Waals surface area contributed by atoms with Crippen molar-refractivity contribution in [2.24, 2.45) is 0 Å². The highest BCUT2D eigenvalue weighted by molar-refractivity contribution is 6.03. The van der Waals surface area contributed by atoms with E-state index in [9.17, 15) is 22.4 Å². The van der Waals surface area contributed by atoms with Crippen molar-refractivity contribution in [2.75, 3.05) is 0 Å². The van der Waals surface area contributed by atoms with Crippen LogP contribution in [0.3, 0.4) is 0 Å². The van der Waals surface area contributed by atoms with E-state index in [2.05, 4.69) is 0 Å². The summed E-state index contributed by atoms with van der Waals surface area (Å²) < 4.78 is 52.9. The Morgan fingerprint density at radius 3 is 2.41 bits per heavy atom. The van der Waals surface area contributed by atoms with Crippen molar-refractivity contribution in [1.29, 1.82) is 0 Å². The first-order valence-electron chi connectivity index (χ1n) is 4.44. The van der Waals surface area contributed by atoms with E-state index in [1.54, 1.807) is 0 Å². The highest BCUT2D eigenvalue weighted by atomic mass is 19.2. The summed E-state index contributed by atoms with van der Waals surface area (Å²) in [6.07, 6.45) is 0. The largest absolute Gasteiger partial charge is 0.478 e. The standard InChI is InChI=1S/C10H5F4NO2/c1-3-2-4-7(12)9(13)15(14)8(4)5(6(3)11)10(16)17/h2H,1H3,(H,16,17). The molecule has 1 aromatic heterocycles. The number of nitrogens with zero attached hydrogens (tertiary/aromatic N) is 1.